The third-order valence-electron chi connectivity index (χ3n) is 4.76. The molecule has 1 heterocycles. The van der Waals surface area contributed by atoms with Gasteiger partial charge in [0, 0.05) is 18.4 Å². The number of benzene rings is 1. The molecular formula is C15H18O4. The Kier molecular flexibility index (Phi) is 2.31. The van der Waals surface area contributed by atoms with Crippen molar-refractivity contribution in [3.8, 4) is 11.5 Å². The summed E-state index contributed by atoms with van der Waals surface area (Å²) in [5, 5.41) is 20.3. The zero-order chi connectivity index (χ0) is 14.0. The molecule has 0 bridgehead atoms. The lowest BCUT2D eigenvalue weighted by molar-refractivity contribution is -0.119. The minimum Gasteiger partial charge on any atom is -0.508 e. The Balaban J connectivity index is 2.25. The van der Waals surface area contributed by atoms with Gasteiger partial charge in [-0.1, -0.05) is 13.8 Å². The van der Waals surface area contributed by atoms with Gasteiger partial charge in [-0.3, -0.25) is 4.79 Å². The first kappa shape index (κ1) is 12.5. The number of aromatic hydroxyl groups is 1. The Morgan fingerprint density at radius 2 is 2.00 bits per heavy atom. The second-order valence-electron chi connectivity index (χ2n) is 6.35. The SMILES string of the molecule is Cc1cc2c(cc1O)[C@@]1(CC(=O)CC1(C)C)C(O)O2. The Bertz CT molecular complexity index is 576. The molecule has 4 nitrogen and oxygen atoms in total. The number of hydrogen-bond donors (Lipinski definition) is 2. The fourth-order valence-electron chi connectivity index (χ4n) is 3.61. The number of carbonyl (C=O) groups is 1. The van der Waals surface area contributed by atoms with Crippen molar-refractivity contribution in [2.75, 3.05) is 0 Å². The van der Waals surface area contributed by atoms with E-state index in [1.165, 1.54) is 0 Å². The number of aliphatic hydroxyl groups is 1. The third kappa shape index (κ3) is 1.40. The summed E-state index contributed by atoms with van der Waals surface area (Å²) < 4.78 is 5.56. The van der Waals surface area contributed by atoms with Crippen molar-refractivity contribution in [1.82, 2.24) is 0 Å². The standard InChI is InChI=1S/C15H18O4/c1-8-4-12-10(5-11(8)17)15(13(18)19-12)7-9(16)6-14(15,2)3/h4-5,13,17-18H,6-7H2,1-3H3/t13?,15-/m0/s1. The Hall–Kier alpha value is -1.55. The van der Waals surface area contributed by atoms with E-state index in [1.807, 2.05) is 13.8 Å². The number of aryl methyl sites for hydroxylation is 1. The molecule has 0 radical (unpaired) electrons. The molecule has 19 heavy (non-hydrogen) atoms. The fraction of sp³-hybridized carbons (Fsp3) is 0.533. The molecule has 102 valence electrons. The van der Waals surface area contributed by atoms with Gasteiger partial charge in [-0.25, -0.2) is 0 Å². The Labute approximate surface area is 112 Å². The summed E-state index contributed by atoms with van der Waals surface area (Å²) >= 11 is 0. The highest BCUT2D eigenvalue weighted by Crippen LogP contribution is 2.60. The van der Waals surface area contributed by atoms with Crippen LogP contribution < -0.4 is 4.74 Å². The summed E-state index contributed by atoms with van der Waals surface area (Å²) in [5.41, 5.74) is 0.310. The lowest BCUT2D eigenvalue weighted by atomic mass is 9.64. The molecule has 1 aliphatic heterocycles. The van der Waals surface area contributed by atoms with Crippen molar-refractivity contribution in [3.05, 3.63) is 23.3 Å². The number of phenols is 1. The van der Waals surface area contributed by atoms with Crippen LogP contribution in [-0.4, -0.2) is 22.3 Å². The second kappa shape index (κ2) is 3.51. The highest BCUT2D eigenvalue weighted by atomic mass is 16.6. The number of Topliss-reactive ketones (excluding diaryl/α,β-unsaturated/α-hetero) is 1. The predicted octanol–water partition coefficient (Wildman–Crippen LogP) is 2.04. The van der Waals surface area contributed by atoms with Crippen LogP contribution in [0.25, 0.3) is 0 Å². The van der Waals surface area contributed by atoms with Gasteiger partial charge in [-0.05, 0) is 30.0 Å². The number of phenolic OH excluding ortho intramolecular Hbond substituents is 1. The molecule has 1 unspecified atom stereocenters. The number of fused-ring (bicyclic) bond motifs is 2. The van der Waals surface area contributed by atoms with Crippen LogP contribution in [0.5, 0.6) is 11.5 Å². The van der Waals surface area contributed by atoms with Gasteiger partial charge in [0.15, 0.2) is 0 Å². The summed E-state index contributed by atoms with van der Waals surface area (Å²) in [4.78, 5) is 11.9. The maximum atomic E-state index is 11.9. The van der Waals surface area contributed by atoms with Crippen LogP contribution >= 0.6 is 0 Å². The van der Waals surface area contributed by atoms with Gasteiger partial charge in [-0.2, -0.15) is 0 Å². The molecule has 1 aromatic carbocycles. The smallest absolute Gasteiger partial charge is 0.208 e. The van der Waals surface area contributed by atoms with E-state index >= 15 is 0 Å². The number of rotatable bonds is 0. The minimum atomic E-state index is -1.04. The van der Waals surface area contributed by atoms with Crippen LogP contribution in [0.15, 0.2) is 12.1 Å². The molecule has 2 N–H and O–H groups in total. The van der Waals surface area contributed by atoms with Gasteiger partial charge in [0.05, 0.1) is 5.41 Å². The van der Waals surface area contributed by atoms with E-state index in [9.17, 15) is 15.0 Å². The molecule has 0 amide bonds. The third-order valence-corrected chi connectivity index (χ3v) is 4.76. The van der Waals surface area contributed by atoms with Gasteiger partial charge in [0.25, 0.3) is 0 Å². The van der Waals surface area contributed by atoms with Gasteiger partial charge >= 0.3 is 0 Å². The molecule has 0 aromatic heterocycles. The van der Waals surface area contributed by atoms with Gasteiger partial charge < -0.3 is 14.9 Å². The molecule has 2 atom stereocenters. The van der Waals surface area contributed by atoms with Gasteiger partial charge in [-0.15, -0.1) is 0 Å². The number of aliphatic hydroxyl groups excluding tert-OH is 1. The molecular weight excluding hydrogens is 244 g/mol. The topological polar surface area (TPSA) is 66.8 Å². The van der Waals surface area contributed by atoms with E-state index in [0.717, 1.165) is 5.56 Å². The van der Waals surface area contributed by atoms with E-state index in [0.29, 0.717) is 17.7 Å². The molecule has 2 aliphatic rings. The predicted molar refractivity (Wildman–Crippen MR) is 69.2 cm³/mol. The zero-order valence-corrected chi connectivity index (χ0v) is 11.4. The quantitative estimate of drug-likeness (QED) is 0.751. The van der Waals surface area contributed by atoms with Crippen LogP contribution in [0.3, 0.4) is 0 Å². The average molecular weight is 262 g/mol. The van der Waals surface area contributed by atoms with Crippen LogP contribution in [0.4, 0.5) is 0 Å². The van der Waals surface area contributed by atoms with E-state index in [-0.39, 0.29) is 18.0 Å². The van der Waals surface area contributed by atoms with Crippen molar-refractivity contribution >= 4 is 5.78 Å². The maximum Gasteiger partial charge on any atom is 0.208 e. The van der Waals surface area contributed by atoms with Crippen LogP contribution in [0.2, 0.25) is 0 Å². The van der Waals surface area contributed by atoms with Crippen LogP contribution in [-0.2, 0) is 10.2 Å². The maximum absolute atomic E-state index is 11.9. The summed E-state index contributed by atoms with van der Waals surface area (Å²) in [7, 11) is 0. The van der Waals surface area contributed by atoms with Crippen molar-refractivity contribution in [1.29, 1.82) is 0 Å². The molecule has 1 saturated carbocycles. The number of hydrogen-bond acceptors (Lipinski definition) is 4. The lowest BCUT2D eigenvalue weighted by Gasteiger charge is -2.38. The minimum absolute atomic E-state index is 0.126. The highest BCUT2D eigenvalue weighted by molar-refractivity contribution is 5.85. The summed E-state index contributed by atoms with van der Waals surface area (Å²) in [5.74, 6) is 0.872. The highest BCUT2D eigenvalue weighted by Gasteiger charge is 2.62. The number of carbonyl (C=O) groups excluding carboxylic acids is 1. The second-order valence-corrected chi connectivity index (χ2v) is 6.35. The molecule has 1 spiro atoms. The van der Waals surface area contributed by atoms with E-state index in [2.05, 4.69) is 0 Å². The number of ketones is 1. The molecule has 4 heteroatoms. The fourth-order valence-corrected chi connectivity index (χ4v) is 3.61. The lowest BCUT2D eigenvalue weighted by Crippen LogP contribution is -2.46. The van der Waals surface area contributed by atoms with Crippen molar-refractivity contribution < 1.29 is 19.7 Å². The van der Waals surface area contributed by atoms with Crippen LogP contribution in [0.1, 0.15) is 37.8 Å². The first-order valence-electron chi connectivity index (χ1n) is 6.48. The molecule has 1 aromatic rings. The largest absolute Gasteiger partial charge is 0.508 e. The zero-order valence-electron chi connectivity index (χ0n) is 11.4. The molecule has 1 aliphatic carbocycles. The normalized spacial score (nSPS) is 31.6. The summed E-state index contributed by atoms with van der Waals surface area (Å²) in [6.07, 6.45) is -0.358. The Morgan fingerprint density at radius 1 is 1.32 bits per heavy atom. The molecule has 3 rings (SSSR count). The van der Waals surface area contributed by atoms with E-state index in [4.69, 9.17) is 4.74 Å². The van der Waals surface area contributed by atoms with Crippen LogP contribution in [0, 0.1) is 12.3 Å². The Morgan fingerprint density at radius 3 is 2.58 bits per heavy atom. The average Bonchev–Trinajstić information content (AvgIpc) is 2.67. The first-order chi connectivity index (χ1) is 8.78. The van der Waals surface area contributed by atoms with Crippen molar-refractivity contribution in [2.24, 2.45) is 5.41 Å². The summed E-state index contributed by atoms with van der Waals surface area (Å²) in [6.45, 7) is 5.72. The number of ether oxygens (including phenoxy) is 1. The first-order valence-corrected chi connectivity index (χ1v) is 6.48. The molecule has 1 fully saturated rings. The van der Waals surface area contributed by atoms with Gasteiger partial charge in [0.1, 0.15) is 17.3 Å². The molecule has 0 saturated heterocycles. The van der Waals surface area contributed by atoms with Crippen molar-refractivity contribution in [2.45, 2.75) is 45.3 Å². The van der Waals surface area contributed by atoms with E-state index < -0.39 is 17.1 Å². The monoisotopic (exact) mass is 262 g/mol. The van der Waals surface area contributed by atoms with Crippen molar-refractivity contribution in [3.63, 3.8) is 0 Å². The van der Waals surface area contributed by atoms with E-state index in [1.54, 1.807) is 19.1 Å². The van der Waals surface area contributed by atoms with Gasteiger partial charge in [0.2, 0.25) is 6.29 Å². The summed E-state index contributed by atoms with van der Waals surface area (Å²) in [6, 6.07) is 3.36.